The van der Waals surface area contributed by atoms with Crippen molar-refractivity contribution < 1.29 is 19.1 Å². The molecule has 0 fully saturated rings. The number of nitrogens with one attached hydrogen (secondary N) is 1. The molecule has 0 spiro atoms. The number of aromatic amines is 1. The third-order valence-corrected chi connectivity index (χ3v) is 4.20. The number of fused-ring (bicyclic) bond motifs is 1. The number of rotatable bonds is 6. The minimum absolute atomic E-state index is 0.141. The average Bonchev–Trinajstić information content (AvgIpc) is 3.19. The van der Waals surface area contributed by atoms with Crippen molar-refractivity contribution in [1.82, 2.24) is 15.0 Å². The number of H-pyrrole nitrogens is 1. The first-order valence-electron chi connectivity index (χ1n) is 9.05. The predicted octanol–water partition coefficient (Wildman–Crippen LogP) is 4.16. The number of pyridine rings is 1. The molecule has 0 unspecified atom stereocenters. The molecule has 0 aliphatic carbocycles. The van der Waals surface area contributed by atoms with E-state index in [0.29, 0.717) is 11.3 Å². The van der Waals surface area contributed by atoms with Gasteiger partial charge in [0, 0.05) is 11.8 Å². The highest BCUT2D eigenvalue weighted by molar-refractivity contribution is 6.08. The molecule has 2 aromatic heterocycles. The van der Waals surface area contributed by atoms with Gasteiger partial charge in [-0.1, -0.05) is 12.1 Å². The Morgan fingerprint density at radius 1 is 1.00 bits per heavy atom. The summed E-state index contributed by atoms with van der Waals surface area (Å²) in [6, 6.07) is 17.2. The Bertz CT molecular complexity index is 1150. The van der Waals surface area contributed by atoms with Crippen LogP contribution in [0.2, 0.25) is 0 Å². The van der Waals surface area contributed by atoms with Gasteiger partial charge in [-0.05, 0) is 55.5 Å². The number of benzene rings is 2. The molecule has 7 heteroatoms. The standard InChI is InChI=1S/C22H17N3O4/c1-2-28-22(27)16-6-5-13-23-21(16)29-15-11-9-14(10-12-15)19(26)20-24-17-7-3-4-8-18(17)25-20/h3-13H,2H2,1H3,(H,24,25). The van der Waals surface area contributed by atoms with Crippen molar-refractivity contribution in [2.75, 3.05) is 6.61 Å². The van der Waals surface area contributed by atoms with Gasteiger partial charge >= 0.3 is 5.97 Å². The van der Waals surface area contributed by atoms with Crippen LogP contribution >= 0.6 is 0 Å². The molecule has 2 heterocycles. The van der Waals surface area contributed by atoms with Gasteiger partial charge in [0.25, 0.3) is 0 Å². The van der Waals surface area contributed by atoms with Gasteiger partial charge in [-0.15, -0.1) is 0 Å². The van der Waals surface area contributed by atoms with Crippen molar-refractivity contribution in [3.05, 3.63) is 83.8 Å². The molecule has 144 valence electrons. The van der Waals surface area contributed by atoms with E-state index in [-0.39, 0.29) is 29.7 Å². The van der Waals surface area contributed by atoms with E-state index < -0.39 is 5.97 Å². The van der Waals surface area contributed by atoms with Gasteiger partial charge in [0.1, 0.15) is 11.3 Å². The quantitative estimate of drug-likeness (QED) is 0.394. The molecule has 29 heavy (non-hydrogen) atoms. The lowest BCUT2D eigenvalue weighted by atomic mass is 10.1. The Kier molecular flexibility index (Phi) is 5.03. The second-order valence-electron chi connectivity index (χ2n) is 6.13. The van der Waals surface area contributed by atoms with Crippen molar-refractivity contribution in [1.29, 1.82) is 0 Å². The van der Waals surface area contributed by atoms with Crippen LogP contribution in [0.5, 0.6) is 11.6 Å². The molecule has 0 saturated carbocycles. The second kappa shape index (κ2) is 7.93. The molecule has 4 rings (SSSR count). The molecule has 7 nitrogen and oxygen atoms in total. The van der Waals surface area contributed by atoms with Gasteiger partial charge in [-0.25, -0.2) is 14.8 Å². The van der Waals surface area contributed by atoms with Crippen molar-refractivity contribution in [2.24, 2.45) is 0 Å². The number of aromatic nitrogens is 3. The number of imidazole rings is 1. The number of ether oxygens (including phenoxy) is 2. The van der Waals surface area contributed by atoms with E-state index >= 15 is 0 Å². The molecule has 0 aliphatic heterocycles. The summed E-state index contributed by atoms with van der Waals surface area (Å²) in [6.07, 6.45) is 1.53. The largest absolute Gasteiger partial charge is 0.462 e. The van der Waals surface area contributed by atoms with Crippen LogP contribution in [-0.4, -0.2) is 33.3 Å². The van der Waals surface area contributed by atoms with E-state index in [1.165, 1.54) is 6.20 Å². The molecule has 4 aromatic rings. The predicted molar refractivity (Wildman–Crippen MR) is 106 cm³/mol. The van der Waals surface area contributed by atoms with Gasteiger partial charge in [0.15, 0.2) is 5.82 Å². The monoisotopic (exact) mass is 387 g/mol. The zero-order chi connectivity index (χ0) is 20.2. The fourth-order valence-corrected chi connectivity index (χ4v) is 2.82. The van der Waals surface area contributed by atoms with Gasteiger partial charge in [0.2, 0.25) is 11.7 Å². The fourth-order valence-electron chi connectivity index (χ4n) is 2.82. The summed E-state index contributed by atoms with van der Waals surface area (Å²) in [5.41, 5.74) is 2.23. The molecule has 2 aromatic carbocycles. The van der Waals surface area contributed by atoms with Crippen LogP contribution in [0.4, 0.5) is 0 Å². The van der Waals surface area contributed by atoms with Gasteiger partial charge in [0.05, 0.1) is 17.6 Å². The van der Waals surface area contributed by atoms with Crippen LogP contribution in [0, 0.1) is 0 Å². The van der Waals surface area contributed by atoms with Crippen LogP contribution < -0.4 is 4.74 Å². The van der Waals surface area contributed by atoms with Gasteiger partial charge < -0.3 is 14.5 Å². The van der Waals surface area contributed by atoms with E-state index in [0.717, 1.165) is 11.0 Å². The molecule has 0 radical (unpaired) electrons. The summed E-state index contributed by atoms with van der Waals surface area (Å²) in [7, 11) is 0. The smallest absolute Gasteiger partial charge is 0.343 e. The number of carbonyl (C=O) groups excluding carboxylic acids is 2. The number of para-hydroxylation sites is 2. The molecule has 0 amide bonds. The first-order chi connectivity index (χ1) is 14.2. The minimum Gasteiger partial charge on any atom is -0.462 e. The number of carbonyl (C=O) groups is 2. The zero-order valence-electron chi connectivity index (χ0n) is 15.6. The third-order valence-electron chi connectivity index (χ3n) is 4.20. The van der Waals surface area contributed by atoms with E-state index in [9.17, 15) is 9.59 Å². The molecule has 1 N–H and O–H groups in total. The lowest BCUT2D eigenvalue weighted by Gasteiger charge is -2.09. The fraction of sp³-hybridized carbons (Fsp3) is 0.0909. The first kappa shape index (κ1) is 18.4. The summed E-state index contributed by atoms with van der Waals surface area (Å²) in [6.45, 7) is 1.98. The van der Waals surface area contributed by atoms with Crippen molar-refractivity contribution >= 4 is 22.8 Å². The van der Waals surface area contributed by atoms with E-state index in [4.69, 9.17) is 9.47 Å². The average molecular weight is 387 g/mol. The second-order valence-corrected chi connectivity index (χ2v) is 6.13. The van der Waals surface area contributed by atoms with Crippen LogP contribution in [0.15, 0.2) is 66.9 Å². The van der Waals surface area contributed by atoms with Gasteiger partial charge in [-0.3, -0.25) is 4.79 Å². The third kappa shape index (κ3) is 3.84. The summed E-state index contributed by atoms with van der Waals surface area (Å²) in [4.78, 5) is 36.2. The number of hydrogen-bond donors (Lipinski definition) is 1. The number of hydrogen-bond acceptors (Lipinski definition) is 6. The topological polar surface area (TPSA) is 94.2 Å². The minimum atomic E-state index is -0.507. The molecule has 0 atom stereocenters. The van der Waals surface area contributed by atoms with E-state index in [1.807, 2.05) is 24.3 Å². The number of ketones is 1. The van der Waals surface area contributed by atoms with Crippen molar-refractivity contribution in [3.8, 4) is 11.6 Å². The highest BCUT2D eigenvalue weighted by atomic mass is 16.5. The lowest BCUT2D eigenvalue weighted by molar-refractivity contribution is 0.0522. The Morgan fingerprint density at radius 2 is 1.79 bits per heavy atom. The Balaban J connectivity index is 1.54. The normalized spacial score (nSPS) is 10.7. The Labute approximate surface area is 166 Å². The molecule has 0 saturated heterocycles. The maximum Gasteiger partial charge on any atom is 0.343 e. The highest BCUT2D eigenvalue weighted by Crippen LogP contribution is 2.24. The van der Waals surface area contributed by atoms with Crippen LogP contribution in [0.25, 0.3) is 11.0 Å². The maximum atomic E-state index is 12.7. The molecular formula is C22H17N3O4. The van der Waals surface area contributed by atoms with E-state index in [1.54, 1.807) is 43.3 Å². The van der Waals surface area contributed by atoms with Crippen LogP contribution in [-0.2, 0) is 4.74 Å². The maximum absolute atomic E-state index is 12.7. The highest BCUT2D eigenvalue weighted by Gasteiger charge is 2.17. The summed E-state index contributed by atoms with van der Waals surface area (Å²) < 4.78 is 10.7. The Morgan fingerprint density at radius 3 is 2.55 bits per heavy atom. The van der Waals surface area contributed by atoms with E-state index in [2.05, 4.69) is 15.0 Å². The molecular weight excluding hydrogens is 370 g/mol. The number of esters is 1. The molecule has 0 aliphatic rings. The first-order valence-corrected chi connectivity index (χ1v) is 9.05. The Hall–Kier alpha value is -4.00. The zero-order valence-corrected chi connectivity index (χ0v) is 15.6. The molecule has 0 bridgehead atoms. The number of nitrogens with zero attached hydrogens (tertiary/aromatic N) is 2. The SMILES string of the molecule is CCOC(=O)c1cccnc1Oc1ccc(C(=O)c2nc3ccccc3[nH]2)cc1. The summed E-state index contributed by atoms with van der Waals surface area (Å²) in [5.74, 6) is 0.122. The lowest BCUT2D eigenvalue weighted by Crippen LogP contribution is -2.07. The van der Waals surface area contributed by atoms with Gasteiger partial charge in [-0.2, -0.15) is 0 Å². The van der Waals surface area contributed by atoms with Crippen LogP contribution in [0.3, 0.4) is 0 Å². The summed E-state index contributed by atoms with van der Waals surface area (Å²) >= 11 is 0. The van der Waals surface area contributed by atoms with Crippen molar-refractivity contribution in [3.63, 3.8) is 0 Å². The summed E-state index contributed by atoms with van der Waals surface area (Å²) in [5, 5.41) is 0. The van der Waals surface area contributed by atoms with Crippen molar-refractivity contribution in [2.45, 2.75) is 6.92 Å². The van der Waals surface area contributed by atoms with Crippen LogP contribution in [0.1, 0.15) is 33.5 Å².